The monoisotopic (exact) mass is 455 g/mol. The average Bonchev–Trinajstić information content (AvgIpc) is 3.01. The van der Waals surface area contributed by atoms with Crippen molar-refractivity contribution in [3.8, 4) is 11.4 Å². The van der Waals surface area contributed by atoms with Crippen LogP contribution in [0, 0.1) is 10.1 Å². The SMILES string of the molecule is CS(=O)(=O)c1ccc(C(=O)Nc2cccc(-c3nnc4n3CCCCC4)c2)cc1[N+](=O)[O-]. The van der Waals surface area contributed by atoms with Gasteiger partial charge in [-0.1, -0.05) is 18.6 Å². The number of aromatic nitrogens is 3. The Morgan fingerprint density at radius 1 is 1.12 bits per heavy atom. The van der Waals surface area contributed by atoms with E-state index in [0.717, 1.165) is 67.8 Å². The molecule has 2 aromatic carbocycles. The lowest BCUT2D eigenvalue weighted by Crippen LogP contribution is -2.13. The summed E-state index contributed by atoms with van der Waals surface area (Å²) in [7, 11) is -3.81. The van der Waals surface area contributed by atoms with Crippen molar-refractivity contribution in [3.05, 3.63) is 64.0 Å². The normalized spacial score (nSPS) is 13.8. The first kappa shape index (κ1) is 21.6. The summed E-state index contributed by atoms with van der Waals surface area (Å²) in [5.74, 6) is 1.08. The Kier molecular flexibility index (Phi) is 5.74. The molecular formula is C21H21N5O5S. The first-order valence-electron chi connectivity index (χ1n) is 10.1. The fraction of sp³-hybridized carbons (Fsp3) is 0.286. The van der Waals surface area contributed by atoms with E-state index in [4.69, 9.17) is 0 Å². The van der Waals surface area contributed by atoms with Crippen LogP contribution in [0.25, 0.3) is 11.4 Å². The molecule has 0 radical (unpaired) electrons. The average molecular weight is 455 g/mol. The van der Waals surface area contributed by atoms with Crippen LogP contribution in [0.1, 0.15) is 35.4 Å². The lowest BCUT2D eigenvalue weighted by atomic mass is 10.1. The molecule has 4 rings (SSSR count). The molecule has 0 bridgehead atoms. The Hall–Kier alpha value is -3.60. The van der Waals surface area contributed by atoms with E-state index in [-0.39, 0.29) is 5.56 Å². The van der Waals surface area contributed by atoms with E-state index < -0.39 is 31.3 Å². The second-order valence-corrected chi connectivity index (χ2v) is 9.63. The molecule has 0 atom stereocenters. The first-order chi connectivity index (χ1) is 15.2. The molecule has 0 saturated heterocycles. The molecule has 1 aliphatic rings. The number of nitrogens with one attached hydrogen (secondary N) is 1. The van der Waals surface area contributed by atoms with E-state index in [1.54, 1.807) is 18.2 Å². The van der Waals surface area contributed by atoms with Gasteiger partial charge in [-0.15, -0.1) is 10.2 Å². The van der Waals surface area contributed by atoms with Gasteiger partial charge in [0.1, 0.15) is 10.7 Å². The summed E-state index contributed by atoms with van der Waals surface area (Å²) in [5, 5.41) is 22.6. The number of benzene rings is 2. The number of aryl methyl sites for hydroxylation is 1. The number of nitro groups is 1. The van der Waals surface area contributed by atoms with Gasteiger partial charge in [-0.2, -0.15) is 0 Å². The fourth-order valence-electron chi connectivity index (χ4n) is 3.75. The van der Waals surface area contributed by atoms with Crippen LogP contribution in [0.2, 0.25) is 0 Å². The highest BCUT2D eigenvalue weighted by Crippen LogP contribution is 2.27. The minimum Gasteiger partial charge on any atom is -0.322 e. The lowest BCUT2D eigenvalue weighted by Gasteiger charge is -2.10. The number of carbonyl (C=O) groups is 1. The van der Waals surface area contributed by atoms with E-state index in [2.05, 4.69) is 20.1 Å². The highest BCUT2D eigenvalue weighted by Gasteiger charge is 2.24. The van der Waals surface area contributed by atoms with Crippen LogP contribution in [0.3, 0.4) is 0 Å². The van der Waals surface area contributed by atoms with Crippen LogP contribution < -0.4 is 5.32 Å². The van der Waals surface area contributed by atoms with Crippen molar-refractivity contribution in [2.45, 2.75) is 37.1 Å². The van der Waals surface area contributed by atoms with Crippen molar-refractivity contribution >= 4 is 27.1 Å². The summed E-state index contributed by atoms with van der Waals surface area (Å²) < 4.78 is 25.7. The van der Waals surface area contributed by atoms with Gasteiger partial charge >= 0.3 is 0 Å². The van der Waals surface area contributed by atoms with Gasteiger partial charge in [0, 0.05) is 42.1 Å². The Bertz CT molecular complexity index is 1320. The molecule has 1 aliphatic heterocycles. The predicted octanol–water partition coefficient (Wildman–Crippen LogP) is 3.24. The fourth-order valence-corrected chi connectivity index (χ4v) is 4.58. The minimum atomic E-state index is -3.81. The van der Waals surface area contributed by atoms with E-state index >= 15 is 0 Å². The van der Waals surface area contributed by atoms with E-state index in [1.807, 2.05) is 6.07 Å². The number of sulfone groups is 1. The second kappa shape index (κ2) is 8.50. The van der Waals surface area contributed by atoms with Crippen molar-refractivity contribution in [2.75, 3.05) is 11.6 Å². The molecule has 32 heavy (non-hydrogen) atoms. The van der Waals surface area contributed by atoms with Gasteiger partial charge in [0.05, 0.1) is 4.92 Å². The van der Waals surface area contributed by atoms with Gasteiger partial charge in [-0.25, -0.2) is 8.42 Å². The van der Waals surface area contributed by atoms with Gasteiger partial charge < -0.3 is 9.88 Å². The Labute approximate surface area is 184 Å². The molecule has 10 nitrogen and oxygen atoms in total. The van der Waals surface area contributed by atoms with Crippen molar-refractivity contribution in [1.82, 2.24) is 14.8 Å². The molecule has 0 aliphatic carbocycles. The number of nitro benzene ring substituents is 1. The summed E-state index contributed by atoms with van der Waals surface area (Å²) in [5.41, 5.74) is 0.612. The van der Waals surface area contributed by atoms with Crippen LogP contribution in [-0.4, -0.2) is 40.3 Å². The number of carbonyl (C=O) groups excluding carboxylic acids is 1. The molecule has 166 valence electrons. The van der Waals surface area contributed by atoms with E-state index in [1.165, 1.54) is 6.07 Å². The number of nitrogens with zero attached hydrogens (tertiary/aromatic N) is 4. The molecule has 2 heterocycles. The second-order valence-electron chi connectivity index (χ2n) is 7.65. The number of anilines is 1. The molecule has 1 N–H and O–H groups in total. The number of fused-ring (bicyclic) bond motifs is 1. The smallest absolute Gasteiger partial charge is 0.288 e. The third kappa shape index (κ3) is 4.37. The molecule has 0 spiro atoms. The Balaban J connectivity index is 1.61. The van der Waals surface area contributed by atoms with Crippen LogP contribution in [0.15, 0.2) is 47.4 Å². The van der Waals surface area contributed by atoms with Crippen LogP contribution in [0.4, 0.5) is 11.4 Å². The van der Waals surface area contributed by atoms with Crippen molar-refractivity contribution in [3.63, 3.8) is 0 Å². The number of hydrogen-bond acceptors (Lipinski definition) is 7. The zero-order valence-electron chi connectivity index (χ0n) is 17.3. The predicted molar refractivity (Wildman–Crippen MR) is 117 cm³/mol. The standard InChI is InChI=1S/C21H21N5O5S/c1-32(30,31)18-10-9-15(13-17(18)26(28)29)21(27)22-16-7-5-6-14(12-16)20-24-23-19-8-3-2-4-11-25(19)20/h5-7,9-10,12-13H,2-4,8,11H2,1H3,(H,22,27). The molecular weight excluding hydrogens is 434 g/mol. The largest absolute Gasteiger partial charge is 0.322 e. The van der Waals surface area contributed by atoms with Gasteiger partial charge in [0.25, 0.3) is 11.6 Å². The summed E-state index contributed by atoms with van der Waals surface area (Å²) in [6.45, 7) is 0.838. The summed E-state index contributed by atoms with van der Waals surface area (Å²) in [6, 6.07) is 10.4. The number of hydrogen-bond donors (Lipinski definition) is 1. The maximum Gasteiger partial charge on any atom is 0.288 e. The van der Waals surface area contributed by atoms with Crippen molar-refractivity contribution in [1.29, 1.82) is 0 Å². The number of amides is 1. The van der Waals surface area contributed by atoms with E-state index in [9.17, 15) is 23.3 Å². The molecule has 0 fully saturated rings. The highest BCUT2D eigenvalue weighted by atomic mass is 32.2. The Morgan fingerprint density at radius 3 is 2.69 bits per heavy atom. The first-order valence-corrected chi connectivity index (χ1v) is 12.0. The van der Waals surface area contributed by atoms with Crippen LogP contribution >= 0.6 is 0 Å². The van der Waals surface area contributed by atoms with E-state index in [0.29, 0.717) is 5.69 Å². The maximum absolute atomic E-state index is 12.7. The Morgan fingerprint density at radius 2 is 1.94 bits per heavy atom. The lowest BCUT2D eigenvalue weighted by molar-refractivity contribution is -0.387. The maximum atomic E-state index is 12.7. The van der Waals surface area contributed by atoms with Crippen LogP contribution in [0.5, 0.6) is 0 Å². The third-order valence-corrected chi connectivity index (χ3v) is 6.45. The van der Waals surface area contributed by atoms with Crippen LogP contribution in [-0.2, 0) is 22.8 Å². The molecule has 0 saturated carbocycles. The highest BCUT2D eigenvalue weighted by molar-refractivity contribution is 7.90. The topological polar surface area (TPSA) is 137 Å². The third-order valence-electron chi connectivity index (χ3n) is 5.31. The molecule has 1 amide bonds. The van der Waals surface area contributed by atoms with Crippen molar-refractivity contribution in [2.24, 2.45) is 0 Å². The zero-order valence-corrected chi connectivity index (χ0v) is 18.1. The molecule has 11 heteroatoms. The van der Waals surface area contributed by atoms with Crippen molar-refractivity contribution < 1.29 is 18.1 Å². The summed E-state index contributed by atoms with van der Waals surface area (Å²) >= 11 is 0. The molecule has 3 aromatic rings. The van der Waals surface area contributed by atoms with Gasteiger partial charge in [-0.05, 0) is 37.1 Å². The van der Waals surface area contributed by atoms with Gasteiger partial charge in [-0.3, -0.25) is 14.9 Å². The summed E-state index contributed by atoms with van der Waals surface area (Å²) in [4.78, 5) is 22.8. The minimum absolute atomic E-state index is 0.0224. The number of rotatable bonds is 5. The molecule has 0 unspecified atom stereocenters. The van der Waals surface area contributed by atoms with Gasteiger partial charge in [0.2, 0.25) is 0 Å². The van der Waals surface area contributed by atoms with Gasteiger partial charge in [0.15, 0.2) is 15.7 Å². The summed E-state index contributed by atoms with van der Waals surface area (Å²) in [6.07, 6.45) is 5.04. The molecule has 1 aromatic heterocycles. The quantitative estimate of drug-likeness (QED) is 0.460. The zero-order chi connectivity index (χ0) is 22.9.